The van der Waals surface area contributed by atoms with Gasteiger partial charge in [0.05, 0.1) is 31.6 Å². The first-order valence-electron chi connectivity index (χ1n) is 9.85. The number of sulfonamides is 1. The lowest BCUT2D eigenvalue weighted by molar-refractivity contribution is -0.136. The van der Waals surface area contributed by atoms with E-state index in [9.17, 15) is 27.1 Å². The number of rotatable bonds is 9. The second-order valence-corrected chi connectivity index (χ2v) is 9.47. The number of aliphatic hydroxyl groups excluding tert-OH is 1. The SMILES string of the molecule is CC(C)(O)C(=O)NC[C@H]1CN(S(=O)(=O)c2cn(C(F)F)nc2OCCO)c2ccccc2O1. The summed E-state index contributed by atoms with van der Waals surface area (Å²) in [7, 11) is -4.48. The maximum atomic E-state index is 13.5. The van der Waals surface area contributed by atoms with Crippen molar-refractivity contribution in [3.63, 3.8) is 0 Å². The number of carbonyl (C=O) groups is 1. The third-order valence-electron chi connectivity index (χ3n) is 4.61. The summed E-state index contributed by atoms with van der Waals surface area (Å²) < 4.78 is 65.4. The van der Waals surface area contributed by atoms with E-state index < -0.39 is 51.6 Å². The first-order chi connectivity index (χ1) is 15.4. The molecule has 0 radical (unpaired) electrons. The fourth-order valence-corrected chi connectivity index (χ4v) is 4.59. The molecule has 3 rings (SSSR count). The van der Waals surface area contributed by atoms with Crippen LogP contribution in [0.25, 0.3) is 0 Å². The summed E-state index contributed by atoms with van der Waals surface area (Å²) in [4.78, 5) is 11.4. The van der Waals surface area contributed by atoms with Gasteiger partial charge in [0, 0.05) is 0 Å². The molecule has 33 heavy (non-hydrogen) atoms. The van der Waals surface area contributed by atoms with Crippen LogP contribution in [0.3, 0.4) is 0 Å². The predicted octanol–water partition coefficient (Wildman–Crippen LogP) is 0.493. The van der Waals surface area contributed by atoms with E-state index in [0.29, 0.717) is 6.20 Å². The number of aliphatic hydroxyl groups is 2. The van der Waals surface area contributed by atoms with E-state index in [-0.39, 0.29) is 35.8 Å². The number of ether oxygens (including phenoxy) is 2. The van der Waals surface area contributed by atoms with Gasteiger partial charge in [-0.25, -0.2) is 13.1 Å². The van der Waals surface area contributed by atoms with Gasteiger partial charge in [0.15, 0.2) is 4.90 Å². The third kappa shape index (κ3) is 5.34. The van der Waals surface area contributed by atoms with E-state index in [1.165, 1.54) is 26.0 Å². The number of aromatic nitrogens is 2. The molecule has 0 spiro atoms. The monoisotopic (exact) mass is 490 g/mol. The van der Waals surface area contributed by atoms with Crippen molar-refractivity contribution in [1.82, 2.24) is 15.1 Å². The van der Waals surface area contributed by atoms with Crippen LogP contribution < -0.4 is 19.1 Å². The Morgan fingerprint density at radius 3 is 2.73 bits per heavy atom. The average molecular weight is 490 g/mol. The van der Waals surface area contributed by atoms with Crippen LogP contribution >= 0.6 is 0 Å². The molecule has 0 bridgehead atoms. The molecule has 182 valence electrons. The number of halogens is 2. The van der Waals surface area contributed by atoms with Crippen LogP contribution in [0.2, 0.25) is 0 Å². The lowest BCUT2D eigenvalue weighted by atomic mass is 10.1. The van der Waals surface area contributed by atoms with Gasteiger partial charge in [-0.3, -0.25) is 9.10 Å². The molecular weight excluding hydrogens is 466 g/mol. The summed E-state index contributed by atoms with van der Waals surface area (Å²) in [6, 6.07) is 6.19. The highest BCUT2D eigenvalue weighted by Gasteiger charge is 2.38. The van der Waals surface area contributed by atoms with Gasteiger partial charge < -0.3 is 25.0 Å². The Bertz CT molecular complexity index is 1100. The van der Waals surface area contributed by atoms with Gasteiger partial charge in [0.25, 0.3) is 21.8 Å². The molecule has 1 aromatic heterocycles. The molecule has 1 atom stereocenters. The smallest absolute Gasteiger partial charge is 0.333 e. The molecule has 11 nitrogen and oxygen atoms in total. The topological polar surface area (TPSA) is 143 Å². The zero-order valence-corrected chi connectivity index (χ0v) is 18.6. The minimum Gasteiger partial charge on any atom is -0.484 e. The molecule has 1 amide bonds. The molecule has 3 N–H and O–H groups in total. The van der Waals surface area contributed by atoms with Crippen molar-refractivity contribution in [2.24, 2.45) is 0 Å². The maximum Gasteiger partial charge on any atom is 0.333 e. The summed E-state index contributed by atoms with van der Waals surface area (Å²) in [6.45, 7) is -1.77. The second-order valence-electron chi connectivity index (χ2n) is 7.64. The molecule has 2 aromatic rings. The highest BCUT2D eigenvalue weighted by Crippen LogP contribution is 2.38. The number of nitrogens with zero attached hydrogens (tertiary/aromatic N) is 3. The van der Waals surface area contributed by atoms with Gasteiger partial charge >= 0.3 is 6.55 Å². The number of fused-ring (bicyclic) bond motifs is 1. The van der Waals surface area contributed by atoms with Crippen LogP contribution in [0.5, 0.6) is 11.6 Å². The molecule has 1 aromatic carbocycles. The zero-order chi connectivity index (χ0) is 24.4. The number of hydrogen-bond acceptors (Lipinski definition) is 8. The molecular formula is C19H24F2N4O7S. The Hall–Kier alpha value is -2.97. The van der Waals surface area contributed by atoms with Crippen LogP contribution in [0.4, 0.5) is 14.5 Å². The molecule has 1 aliphatic rings. The summed E-state index contributed by atoms with van der Waals surface area (Å²) >= 11 is 0. The van der Waals surface area contributed by atoms with E-state index in [2.05, 4.69) is 10.4 Å². The van der Waals surface area contributed by atoms with E-state index >= 15 is 0 Å². The Balaban J connectivity index is 1.97. The van der Waals surface area contributed by atoms with Crippen LogP contribution in [0, 0.1) is 0 Å². The molecule has 0 saturated carbocycles. The molecule has 0 aliphatic carbocycles. The van der Waals surface area contributed by atoms with Gasteiger partial charge in [-0.05, 0) is 26.0 Å². The van der Waals surface area contributed by atoms with E-state index in [0.717, 1.165) is 4.31 Å². The van der Waals surface area contributed by atoms with Gasteiger partial charge in [-0.1, -0.05) is 12.1 Å². The third-order valence-corrected chi connectivity index (χ3v) is 6.37. The van der Waals surface area contributed by atoms with E-state index in [1.807, 2.05) is 0 Å². The van der Waals surface area contributed by atoms with Gasteiger partial charge in [0.1, 0.15) is 24.1 Å². The number of para-hydroxylation sites is 2. The van der Waals surface area contributed by atoms with Crippen LogP contribution in [0.1, 0.15) is 20.4 Å². The highest BCUT2D eigenvalue weighted by molar-refractivity contribution is 7.93. The minimum atomic E-state index is -4.48. The molecule has 1 aliphatic heterocycles. The van der Waals surface area contributed by atoms with Crippen molar-refractivity contribution >= 4 is 21.6 Å². The van der Waals surface area contributed by atoms with Crippen molar-refractivity contribution in [2.75, 3.05) is 30.6 Å². The van der Waals surface area contributed by atoms with Gasteiger partial charge in [0.2, 0.25) is 0 Å². The molecule has 14 heteroatoms. The minimum absolute atomic E-state index is 0.132. The second kappa shape index (κ2) is 9.49. The van der Waals surface area contributed by atoms with Crippen molar-refractivity contribution in [3.05, 3.63) is 30.5 Å². The quantitative estimate of drug-likeness (QED) is 0.461. The fourth-order valence-electron chi connectivity index (χ4n) is 3.02. The van der Waals surface area contributed by atoms with Crippen LogP contribution in [-0.2, 0) is 14.8 Å². The van der Waals surface area contributed by atoms with Crippen LogP contribution in [-0.4, -0.2) is 72.3 Å². The highest BCUT2D eigenvalue weighted by atomic mass is 32.2. The Morgan fingerprint density at radius 2 is 2.09 bits per heavy atom. The first kappa shape index (κ1) is 24.7. The van der Waals surface area contributed by atoms with E-state index in [4.69, 9.17) is 14.6 Å². The van der Waals surface area contributed by atoms with Gasteiger partial charge in [-0.2, -0.15) is 8.78 Å². The fraction of sp³-hybridized carbons (Fsp3) is 0.474. The van der Waals surface area contributed by atoms with Gasteiger partial charge in [-0.15, -0.1) is 5.10 Å². The summed E-state index contributed by atoms with van der Waals surface area (Å²) in [5.41, 5.74) is -1.50. The standard InChI is InChI=1S/C19H24F2N4O7S/c1-19(2,28)17(27)22-9-12-10-25(13-5-3-4-6-14(13)32-12)33(29,30)15-11-24(18(20)21)23-16(15)31-8-7-26/h3-6,11-12,18,26,28H,7-10H2,1-2H3,(H,22,27)/t12-/m0/s1. The van der Waals surface area contributed by atoms with Crippen molar-refractivity contribution in [3.8, 4) is 11.6 Å². The largest absolute Gasteiger partial charge is 0.484 e. The zero-order valence-electron chi connectivity index (χ0n) is 17.8. The first-order valence-corrected chi connectivity index (χ1v) is 11.3. The summed E-state index contributed by atoms with van der Waals surface area (Å²) in [5.74, 6) is -1.08. The number of amides is 1. The normalized spacial score (nSPS) is 16.3. The Labute approximate surface area is 188 Å². The maximum absolute atomic E-state index is 13.5. The Kier molecular flexibility index (Phi) is 7.09. The number of nitrogens with one attached hydrogen (secondary N) is 1. The molecule has 0 unspecified atom stereocenters. The molecule has 0 saturated heterocycles. The van der Waals surface area contributed by atoms with E-state index in [1.54, 1.807) is 12.1 Å². The average Bonchev–Trinajstić information content (AvgIpc) is 3.20. The number of anilines is 1. The number of carbonyl (C=O) groups excluding carboxylic acids is 1. The lowest BCUT2D eigenvalue weighted by Gasteiger charge is -2.35. The van der Waals surface area contributed by atoms with Crippen LogP contribution in [0.15, 0.2) is 35.4 Å². The summed E-state index contributed by atoms with van der Waals surface area (Å²) in [5, 5.41) is 24.7. The number of hydrogen-bond donors (Lipinski definition) is 3. The predicted molar refractivity (Wildman–Crippen MR) is 111 cm³/mol. The number of benzene rings is 1. The molecule has 2 heterocycles. The summed E-state index contributed by atoms with van der Waals surface area (Å²) in [6.07, 6.45) is -0.205. The Morgan fingerprint density at radius 1 is 1.39 bits per heavy atom. The number of alkyl halides is 2. The van der Waals surface area contributed by atoms with Crippen molar-refractivity contribution in [2.45, 2.75) is 37.0 Å². The van der Waals surface area contributed by atoms with Crippen molar-refractivity contribution in [1.29, 1.82) is 0 Å². The lowest BCUT2D eigenvalue weighted by Crippen LogP contribution is -2.51. The van der Waals surface area contributed by atoms with Crippen molar-refractivity contribution < 1.29 is 41.7 Å². The molecule has 0 fully saturated rings.